The van der Waals surface area contributed by atoms with Crippen LogP contribution in [0.15, 0.2) is 6.07 Å². The Morgan fingerprint density at radius 1 is 1.35 bits per heavy atom. The second-order valence-electron chi connectivity index (χ2n) is 5.64. The highest BCUT2D eigenvalue weighted by Gasteiger charge is 2.28. The van der Waals surface area contributed by atoms with E-state index in [0.717, 1.165) is 5.69 Å². The van der Waals surface area contributed by atoms with E-state index in [1.165, 1.54) is 0 Å². The van der Waals surface area contributed by atoms with Crippen LogP contribution in [0, 0.1) is 5.92 Å². The van der Waals surface area contributed by atoms with Crippen LogP contribution in [0.5, 0.6) is 0 Å². The van der Waals surface area contributed by atoms with Crippen molar-refractivity contribution < 1.29 is 14.7 Å². The summed E-state index contributed by atoms with van der Waals surface area (Å²) >= 11 is 0. The lowest BCUT2D eigenvalue weighted by Crippen LogP contribution is -2.40. The fourth-order valence-electron chi connectivity index (χ4n) is 2.62. The quantitative estimate of drug-likeness (QED) is 0.909. The predicted molar refractivity (Wildman–Crippen MR) is 73.6 cm³/mol. The van der Waals surface area contributed by atoms with Gasteiger partial charge in [0.2, 0.25) is 0 Å². The number of aromatic nitrogens is 2. The highest BCUT2D eigenvalue weighted by atomic mass is 16.4. The van der Waals surface area contributed by atoms with Crippen LogP contribution < -0.4 is 0 Å². The first-order valence-electron chi connectivity index (χ1n) is 6.96. The molecule has 6 nitrogen and oxygen atoms in total. The van der Waals surface area contributed by atoms with Crippen molar-refractivity contribution in [1.82, 2.24) is 14.7 Å². The van der Waals surface area contributed by atoms with E-state index in [0.29, 0.717) is 37.5 Å². The van der Waals surface area contributed by atoms with Crippen LogP contribution in [-0.2, 0) is 11.8 Å². The molecule has 1 aromatic rings. The van der Waals surface area contributed by atoms with E-state index in [1.807, 2.05) is 13.1 Å². The summed E-state index contributed by atoms with van der Waals surface area (Å²) in [6.45, 7) is 5.10. The SMILES string of the molecule is CC(C)c1cc(C(=O)N2CCC(C(=O)O)CC2)nn1C. The Labute approximate surface area is 118 Å². The van der Waals surface area contributed by atoms with Crippen molar-refractivity contribution in [2.24, 2.45) is 13.0 Å². The Bertz CT molecular complexity index is 514. The molecule has 20 heavy (non-hydrogen) atoms. The third-order valence-corrected chi connectivity index (χ3v) is 3.86. The van der Waals surface area contributed by atoms with Crippen LogP contribution >= 0.6 is 0 Å². The van der Waals surface area contributed by atoms with Crippen LogP contribution in [0.4, 0.5) is 0 Å². The molecule has 1 saturated heterocycles. The lowest BCUT2D eigenvalue weighted by molar-refractivity contribution is -0.143. The van der Waals surface area contributed by atoms with Gasteiger partial charge in [0.1, 0.15) is 0 Å². The summed E-state index contributed by atoms with van der Waals surface area (Å²) in [7, 11) is 1.84. The zero-order valence-electron chi connectivity index (χ0n) is 12.2. The first-order chi connectivity index (χ1) is 9.40. The number of piperidine rings is 1. The Kier molecular flexibility index (Phi) is 4.11. The van der Waals surface area contributed by atoms with Gasteiger partial charge >= 0.3 is 5.97 Å². The number of amides is 1. The minimum absolute atomic E-state index is 0.101. The topological polar surface area (TPSA) is 75.4 Å². The minimum Gasteiger partial charge on any atom is -0.481 e. The number of hydrogen-bond acceptors (Lipinski definition) is 3. The molecule has 0 aromatic carbocycles. The Balaban J connectivity index is 2.05. The highest BCUT2D eigenvalue weighted by Crippen LogP contribution is 2.20. The number of nitrogens with zero attached hydrogens (tertiary/aromatic N) is 3. The molecule has 0 aliphatic carbocycles. The summed E-state index contributed by atoms with van der Waals surface area (Å²) in [6.07, 6.45) is 1.04. The number of rotatable bonds is 3. The van der Waals surface area contributed by atoms with E-state index >= 15 is 0 Å². The molecule has 1 fully saturated rings. The van der Waals surface area contributed by atoms with Crippen molar-refractivity contribution in [1.29, 1.82) is 0 Å². The summed E-state index contributed by atoms with van der Waals surface area (Å²) in [6, 6.07) is 1.83. The van der Waals surface area contributed by atoms with E-state index in [1.54, 1.807) is 9.58 Å². The van der Waals surface area contributed by atoms with Gasteiger partial charge in [-0.25, -0.2) is 0 Å². The van der Waals surface area contributed by atoms with Gasteiger partial charge in [0.25, 0.3) is 5.91 Å². The van der Waals surface area contributed by atoms with E-state index in [4.69, 9.17) is 5.11 Å². The molecule has 2 heterocycles. The number of hydrogen-bond donors (Lipinski definition) is 1. The molecular formula is C14H21N3O3. The van der Waals surface area contributed by atoms with Gasteiger partial charge in [0.05, 0.1) is 5.92 Å². The summed E-state index contributed by atoms with van der Waals surface area (Å²) in [5, 5.41) is 13.2. The van der Waals surface area contributed by atoms with E-state index in [2.05, 4.69) is 18.9 Å². The zero-order valence-corrected chi connectivity index (χ0v) is 12.2. The number of likely N-dealkylation sites (tertiary alicyclic amines) is 1. The van der Waals surface area contributed by atoms with Crippen molar-refractivity contribution in [2.45, 2.75) is 32.6 Å². The second-order valence-corrected chi connectivity index (χ2v) is 5.64. The fraction of sp³-hybridized carbons (Fsp3) is 0.643. The van der Waals surface area contributed by atoms with E-state index in [9.17, 15) is 9.59 Å². The van der Waals surface area contributed by atoms with Gasteiger partial charge in [-0.3, -0.25) is 14.3 Å². The molecule has 0 bridgehead atoms. The van der Waals surface area contributed by atoms with Crippen molar-refractivity contribution >= 4 is 11.9 Å². The standard InChI is InChI=1S/C14H21N3O3/c1-9(2)12-8-11(15-16(12)3)13(18)17-6-4-10(5-7-17)14(19)20/h8-10H,4-7H2,1-3H3,(H,19,20). The van der Waals surface area contributed by atoms with Crippen molar-refractivity contribution in [3.05, 3.63) is 17.5 Å². The summed E-state index contributed by atoms with van der Waals surface area (Å²) < 4.78 is 1.74. The molecule has 0 radical (unpaired) electrons. The van der Waals surface area contributed by atoms with Crippen LogP contribution in [0.2, 0.25) is 0 Å². The maximum absolute atomic E-state index is 12.4. The number of aryl methyl sites for hydroxylation is 1. The smallest absolute Gasteiger partial charge is 0.306 e. The minimum atomic E-state index is -0.767. The fourth-order valence-corrected chi connectivity index (χ4v) is 2.62. The first kappa shape index (κ1) is 14.6. The molecule has 0 spiro atoms. The molecule has 1 aliphatic heterocycles. The van der Waals surface area contributed by atoms with E-state index in [-0.39, 0.29) is 11.8 Å². The molecule has 1 N–H and O–H groups in total. The maximum atomic E-state index is 12.4. The maximum Gasteiger partial charge on any atom is 0.306 e. The third kappa shape index (κ3) is 2.84. The van der Waals surface area contributed by atoms with Crippen LogP contribution in [-0.4, -0.2) is 44.8 Å². The molecule has 0 atom stereocenters. The monoisotopic (exact) mass is 279 g/mol. The molecule has 0 unspecified atom stereocenters. The third-order valence-electron chi connectivity index (χ3n) is 3.86. The van der Waals surface area contributed by atoms with Gasteiger partial charge in [-0.2, -0.15) is 5.10 Å². The largest absolute Gasteiger partial charge is 0.481 e. The molecular weight excluding hydrogens is 258 g/mol. The van der Waals surface area contributed by atoms with Crippen LogP contribution in [0.1, 0.15) is 48.8 Å². The first-order valence-corrected chi connectivity index (χ1v) is 6.96. The summed E-state index contributed by atoms with van der Waals surface area (Å²) in [4.78, 5) is 25.0. The van der Waals surface area contributed by atoms with Gasteiger partial charge in [0.15, 0.2) is 5.69 Å². The Hall–Kier alpha value is -1.85. The number of carbonyl (C=O) groups excluding carboxylic acids is 1. The normalized spacial score (nSPS) is 16.7. The average Bonchev–Trinajstić information content (AvgIpc) is 2.80. The van der Waals surface area contributed by atoms with Crippen LogP contribution in [0.3, 0.4) is 0 Å². The molecule has 1 amide bonds. The predicted octanol–water partition coefficient (Wildman–Crippen LogP) is 1.48. The molecule has 1 aliphatic rings. The van der Waals surface area contributed by atoms with Gasteiger partial charge in [0, 0.05) is 25.8 Å². The molecule has 2 rings (SSSR count). The van der Waals surface area contributed by atoms with Crippen molar-refractivity contribution in [2.75, 3.05) is 13.1 Å². The Morgan fingerprint density at radius 2 is 1.95 bits per heavy atom. The number of carboxylic acids is 1. The number of aliphatic carboxylic acids is 1. The van der Waals surface area contributed by atoms with Crippen LogP contribution in [0.25, 0.3) is 0 Å². The molecule has 1 aromatic heterocycles. The highest BCUT2D eigenvalue weighted by molar-refractivity contribution is 5.92. The summed E-state index contributed by atoms with van der Waals surface area (Å²) in [5.74, 6) is -0.880. The van der Waals surface area contributed by atoms with E-state index < -0.39 is 5.97 Å². The average molecular weight is 279 g/mol. The van der Waals surface area contributed by atoms with Gasteiger partial charge in [-0.1, -0.05) is 13.8 Å². The zero-order chi connectivity index (χ0) is 14.9. The second kappa shape index (κ2) is 5.64. The number of carboxylic acid groups (broad SMARTS) is 1. The Morgan fingerprint density at radius 3 is 2.40 bits per heavy atom. The molecule has 0 saturated carbocycles. The lowest BCUT2D eigenvalue weighted by Gasteiger charge is -2.29. The molecule has 110 valence electrons. The molecule has 6 heteroatoms. The number of carbonyl (C=O) groups is 2. The summed E-state index contributed by atoms with van der Waals surface area (Å²) in [5.41, 5.74) is 1.47. The van der Waals surface area contributed by atoms with Crippen molar-refractivity contribution in [3.63, 3.8) is 0 Å². The van der Waals surface area contributed by atoms with Gasteiger partial charge < -0.3 is 10.0 Å². The van der Waals surface area contributed by atoms with Gasteiger partial charge in [-0.15, -0.1) is 0 Å². The lowest BCUT2D eigenvalue weighted by atomic mass is 9.97. The van der Waals surface area contributed by atoms with Crippen molar-refractivity contribution in [3.8, 4) is 0 Å². The van der Waals surface area contributed by atoms with Gasteiger partial charge in [-0.05, 0) is 24.8 Å².